The second-order valence-corrected chi connectivity index (χ2v) is 14.0. The zero-order chi connectivity index (χ0) is 37.0. The van der Waals surface area contributed by atoms with Crippen LogP contribution < -0.4 is 21.3 Å². The Morgan fingerprint density at radius 2 is 1.25 bits per heavy atom. The van der Waals surface area contributed by atoms with Crippen molar-refractivity contribution in [1.29, 1.82) is 0 Å². The van der Waals surface area contributed by atoms with Gasteiger partial charge >= 0.3 is 12.1 Å². The largest absolute Gasteiger partial charge is 0.339 e. The van der Waals surface area contributed by atoms with Crippen LogP contribution in [0, 0.1) is 5.92 Å². The second-order valence-electron chi connectivity index (χ2n) is 12.5. The first-order chi connectivity index (χ1) is 25.1. The Bertz CT molecular complexity index is 1880. The Kier molecular flexibility index (Phi) is 13.3. The van der Waals surface area contributed by atoms with Crippen molar-refractivity contribution in [2.24, 2.45) is 5.92 Å². The van der Waals surface area contributed by atoms with Gasteiger partial charge in [-0.15, -0.1) is 10.2 Å². The van der Waals surface area contributed by atoms with Crippen LogP contribution in [0.5, 0.6) is 0 Å². The smallest absolute Gasteiger partial charge is 0.325 e. The lowest BCUT2D eigenvalue weighted by Crippen LogP contribution is -2.38. The fraction of sp³-hybridized carbons (Fsp3) is 0.324. The Morgan fingerprint density at radius 3 is 1.79 bits per heavy atom. The zero-order valence-electron chi connectivity index (χ0n) is 29.0. The quantitative estimate of drug-likeness (QED) is 0.153. The molecule has 272 valence electrons. The number of nitrogens with zero attached hydrogens (tertiary/aromatic N) is 4. The van der Waals surface area contributed by atoms with E-state index in [1.54, 1.807) is 77.7 Å². The number of anilines is 4. The number of carbonyl (C=O) groups excluding carboxylic acids is 5. The van der Waals surface area contributed by atoms with Crippen LogP contribution in [-0.2, 0) is 11.2 Å². The van der Waals surface area contributed by atoms with Crippen molar-refractivity contribution >= 4 is 74.8 Å². The molecule has 6 rings (SSSR count). The van der Waals surface area contributed by atoms with Crippen LogP contribution in [0.2, 0.25) is 5.02 Å². The van der Waals surface area contributed by atoms with Gasteiger partial charge in [0.1, 0.15) is 10.8 Å². The Labute approximate surface area is 311 Å². The lowest BCUT2D eigenvalue weighted by atomic mass is 9.98. The van der Waals surface area contributed by atoms with Crippen LogP contribution in [0.25, 0.3) is 0 Å². The molecule has 2 fully saturated rings. The van der Waals surface area contributed by atoms with E-state index in [-0.39, 0.29) is 17.6 Å². The number of aryl methyl sites for hydroxylation is 1. The number of carbonyl (C=O) groups is 5. The molecule has 3 aromatic carbocycles. The van der Waals surface area contributed by atoms with Crippen molar-refractivity contribution in [2.45, 2.75) is 46.0 Å². The average molecular weight is 745 g/mol. The minimum absolute atomic E-state index is 0.0117. The van der Waals surface area contributed by atoms with Crippen LogP contribution >= 0.6 is 22.9 Å². The van der Waals surface area contributed by atoms with Gasteiger partial charge in [-0.25, -0.2) is 9.59 Å². The highest BCUT2D eigenvalue weighted by Crippen LogP contribution is 2.21. The molecule has 0 spiro atoms. The van der Waals surface area contributed by atoms with Crippen molar-refractivity contribution in [1.82, 2.24) is 20.0 Å². The van der Waals surface area contributed by atoms with Gasteiger partial charge in [0.05, 0.1) is 0 Å². The molecule has 6 amide bonds. The van der Waals surface area contributed by atoms with Crippen LogP contribution in [0.15, 0.2) is 72.8 Å². The van der Waals surface area contributed by atoms with Gasteiger partial charge < -0.3 is 25.8 Å². The molecule has 52 heavy (non-hydrogen) atoms. The average Bonchev–Trinajstić information content (AvgIpc) is 3.60. The highest BCUT2D eigenvalue weighted by molar-refractivity contribution is 7.15. The van der Waals surface area contributed by atoms with Crippen molar-refractivity contribution < 1.29 is 24.0 Å². The van der Waals surface area contributed by atoms with Crippen LogP contribution in [0.3, 0.4) is 0 Å². The molecule has 0 atom stereocenters. The number of benzene rings is 3. The molecule has 1 aromatic heterocycles. The number of urea groups is 2. The van der Waals surface area contributed by atoms with Gasteiger partial charge in [0.15, 0.2) is 0 Å². The first kappa shape index (κ1) is 37.9. The lowest BCUT2D eigenvalue weighted by molar-refractivity contribution is -0.120. The minimum atomic E-state index is -0.416. The number of ketones is 1. The summed E-state index contributed by atoms with van der Waals surface area (Å²) in [6.45, 7) is 6.64. The van der Waals surface area contributed by atoms with Gasteiger partial charge in [0, 0.05) is 72.2 Å². The van der Waals surface area contributed by atoms with Crippen molar-refractivity contribution in [3.05, 3.63) is 94.0 Å². The van der Waals surface area contributed by atoms with E-state index in [0.717, 1.165) is 37.4 Å². The molecule has 3 heterocycles. The minimum Gasteiger partial charge on any atom is -0.339 e. The van der Waals surface area contributed by atoms with Crippen LogP contribution in [0.1, 0.15) is 65.3 Å². The molecule has 15 heteroatoms. The van der Waals surface area contributed by atoms with Gasteiger partial charge in [-0.1, -0.05) is 48.9 Å². The number of rotatable bonds is 7. The van der Waals surface area contributed by atoms with Crippen LogP contribution in [0.4, 0.5) is 31.8 Å². The molecule has 0 bridgehead atoms. The molecule has 2 saturated heterocycles. The summed E-state index contributed by atoms with van der Waals surface area (Å²) < 4.78 is 0. The highest BCUT2D eigenvalue weighted by Gasteiger charge is 2.23. The molecule has 2 aliphatic rings. The third kappa shape index (κ3) is 11.1. The van der Waals surface area contributed by atoms with E-state index in [9.17, 15) is 24.0 Å². The first-order valence-electron chi connectivity index (χ1n) is 17.1. The molecule has 2 aliphatic heterocycles. The lowest BCUT2D eigenvalue weighted by Gasteiger charge is -2.30. The number of hydrogen-bond acceptors (Lipinski definition) is 8. The van der Waals surface area contributed by atoms with E-state index in [4.69, 9.17) is 11.6 Å². The maximum Gasteiger partial charge on any atom is 0.325 e. The third-order valence-electron chi connectivity index (χ3n) is 8.51. The predicted octanol–water partition coefficient (Wildman–Crippen LogP) is 7.41. The number of piperidine rings is 2. The monoisotopic (exact) mass is 744 g/mol. The summed E-state index contributed by atoms with van der Waals surface area (Å²) in [5, 5.41) is 20.6. The maximum atomic E-state index is 12.7. The van der Waals surface area contributed by atoms with Gasteiger partial charge in [-0.2, -0.15) is 0 Å². The topological polar surface area (TPSA) is 166 Å². The number of halogens is 1. The Hall–Kier alpha value is -5.34. The fourth-order valence-electron chi connectivity index (χ4n) is 5.53. The number of aromatic nitrogens is 2. The van der Waals surface area contributed by atoms with E-state index in [1.807, 2.05) is 11.8 Å². The van der Waals surface area contributed by atoms with Gasteiger partial charge in [-0.05, 0) is 85.8 Å². The van der Waals surface area contributed by atoms with Crippen molar-refractivity contribution in [2.75, 3.05) is 47.4 Å². The number of Topliss-reactive ketones (excluding diaryl/α,β-unsaturated/α-hetero) is 1. The normalized spacial score (nSPS) is 14.5. The summed E-state index contributed by atoms with van der Waals surface area (Å²) in [5.74, 6) is 0.726. The zero-order valence-corrected chi connectivity index (χ0v) is 30.6. The van der Waals surface area contributed by atoms with Gasteiger partial charge in [0.2, 0.25) is 5.13 Å². The van der Waals surface area contributed by atoms with Crippen molar-refractivity contribution in [3.8, 4) is 0 Å². The number of nitrogens with one attached hydrogen (secondary N) is 4. The van der Waals surface area contributed by atoms with E-state index in [2.05, 4.69) is 38.4 Å². The highest BCUT2D eigenvalue weighted by atomic mass is 35.5. The first-order valence-corrected chi connectivity index (χ1v) is 18.3. The number of amides is 6. The summed E-state index contributed by atoms with van der Waals surface area (Å²) in [6, 6.07) is 19.7. The predicted molar refractivity (Wildman–Crippen MR) is 203 cm³/mol. The second kappa shape index (κ2) is 18.2. The van der Waals surface area contributed by atoms with E-state index >= 15 is 0 Å². The van der Waals surface area contributed by atoms with Crippen molar-refractivity contribution in [3.63, 3.8) is 0 Å². The summed E-state index contributed by atoms with van der Waals surface area (Å²) >= 11 is 7.16. The molecular formula is C37H41ClN8O5S. The maximum absolute atomic E-state index is 12.7. The van der Waals surface area contributed by atoms with Gasteiger partial charge in [-0.3, -0.25) is 19.7 Å². The van der Waals surface area contributed by atoms with E-state index < -0.39 is 12.1 Å². The van der Waals surface area contributed by atoms with E-state index in [0.29, 0.717) is 70.2 Å². The Morgan fingerprint density at radius 1 is 0.731 bits per heavy atom. The molecule has 0 radical (unpaired) electrons. The van der Waals surface area contributed by atoms with E-state index in [1.165, 1.54) is 11.3 Å². The molecule has 4 aromatic rings. The van der Waals surface area contributed by atoms with Crippen LogP contribution in [-0.4, -0.2) is 75.8 Å². The molecule has 4 N–H and O–H groups in total. The molecule has 0 aliphatic carbocycles. The summed E-state index contributed by atoms with van der Waals surface area (Å²) in [6.07, 6.45) is 3.64. The summed E-state index contributed by atoms with van der Waals surface area (Å²) in [4.78, 5) is 64.3. The standard InChI is InChI=1S/C19H18ClN3O3.C18H23N5O2S/c20-14-4-6-15(7-5-14)21-19(26)22-16-3-1-2-13(12-16)18(25)23-10-8-17(24)9-11-23;1-3-15-21-22-18(26-15)20-17(25)19-14-6-4-5-13(11-14)16(24)23-9-7-12(2)8-10-23/h1-7,12H,8-11H2,(H2,21,22,26);4-6,11-12H,3,7-10H2,1-2H3,(H2,19,20,22,25). The molecule has 0 saturated carbocycles. The molecular weight excluding hydrogens is 704 g/mol. The number of hydrogen-bond donors (Lipinski definition) is 4. The SMILES string of the molecule is CCc1nnc(NC(=O)Nc2cccc(C(=O)N3CCC(C)CC3)c2)s1.O=C1CCN(C(=O)c2cccc(NC(=O)Nc3ccc(Cl)cc3)c2)CC1. The molecule has 0 unspecified atom stereocenters. The Balaban J connectivity index is 0.000000201. The van der Waals surface area contributed by atoms with Gasteiger partial charge in [0.25, 0.3) is 11.8 Å². The fourth-order valence-corrected chi connectivity index (χ4v) is 6.33. The summed E-state index contributed by atoms with van der Waals surface area (Å²) in [5.41, 5.74) is 2.75. The summed E-state index contributed by atoms with van der Waals surface area (Å²) in [7, 11) is 0. The third-order valence-corrected chi connectivity index (χ3v) is 9.74. The number of likely N-dealkylation sites (tertiary alicyclic amines) is 2. The molecule has 13 nitrogen and oxygen atoms in total.